The van der Waals surface area contributed by atoms with E-state index in [0.717, 1.165) is 54.6 Å². The Morgan fingerprint density at radius 3 is 2.67 bits per heavy atom. The molecule has 21 heavy (non-hydrogen) atoms. The van der Waals surface area contributed by atoms with Crippen LogP contribution in [0.25, 0.3) is 0 Å². The summed E-state index contributed by atoms with van der Waals surface area (Å²) in [7, 11) is 0. The summed E-state index contributed by atoms with van der Waals surface area (Å²) in [5, 5.41) is 4.23. The van der Waals surface area contributed by atoms with Crippen LogP contribution < -0.4 is 5.73 Å². The summed E-state index contributed by atoms with van der Waals surface area (Å²) in [5.74, 6) is 5.02. The number of nitrogens with two attached hydrogens (primary N) is 1. The van der Waals surface area contributed by atoms with Crippen LogP contribution in [0.3, 0.4) is 0 Å². The van der Waals surface area contributed by atoms with Crippen molar-refractivity contribution in [2.45, 2.75) is 70.3 Å². The predicted molar refractivity (Wildman–Crippen MR) is 80.4 cm³/mol. The highest BCUT2D eigenvalue weighted by Crippen LogP contribution is 2.49. The van der Waals surface area contributed by atoms with Crippen molar-refractivity contribution in [3.63, 3.8) is 0 Å². The highest BCUT2D eigenvalue weighted by Gasteiger charge is 2.41. The van der Waals surface area contributed by atoms with Crippen LogP contribution in [-0.2, 0) is 12.0 Å². The number of fused-ring (bicyclic) bond motifs is 2. The zero-order valence-corrected chi connectivity index (χ0v) is 13.1. The fourth-order valence-electron chi connectivity index (χ4n) is 4.89. The maximum absolute atomic E-state index is 6.54. The van der Waals surface area contributed by atoms with E-state index < -0.39 is 0 Å². The zero-order chi connectivity index (χ0) is 14.4. The molecule has 3 unspecified atom stereocenters. The van der Waals surface area contributed by atoms with Gasteiger partial charge < -0.3 is 10.3 Å². The van der Waals surface area contributed by atoms with Crippen LogP contribution in [0.4, 0.5) is 0 Å². The molecule has 116 valence electrons. The van der Waals surface area contributed by atoms with E-state index in [-0.39, 0.29) is 5.54 Å². The summed E-state index contributed by atoms with van der Waals surface area (Å²) < 4.78 is 5.54. The first-order valence-electron chi connectivity index (χ1n) is 8.74. The van der Waals surface area contributed by atoms with Crippen LogP contribution in [0.5, 0.6) is 0 Å². The molecule has 3 atom stereocenters. The molecule has 3 fully saturated rings. The first kappa shape index (κ1) is 13.7. The molecule has 2 N–H and O–H groups in total. The van der Waals surface area contributed by atoms with Gasteiger partial charge in [-0.3, -0.25) is 0 Å². The second-order valence-electron chi connectivity index (χ2n) is 7.99. The molecule has 0 radical (unpaired) electrons. The van der Waals surface area contributed by atoms with Crippen molar-refractivity contribution in [3.05, 3.63) is 11.7 Å². The lowest BCUT2D eigenvalue weighted by Gasteiger charge is -2.33. The van der Waals surface area contributed by atoms with E-state index >= 15 is 0 Å². The molecule has 0 saturated heterocycles. The van der Waals surface area contributed by atoms with E-state index in [2.05, 4.69) is 17.1 Å². The minimum Gasteiger partial charge on any atom is -0.339 e. The Bertz CT molecular complexity index is 504. The Hall–Kier alpha value is -0.900. The van der Waals surface area contributed by atoms with Crippen LogP contribution in [-0.4, -0.2) is 10.1 Å². The maximum atomic E-state index is 6.54. The van der Waals surface area contributed by atoms with E-state index in [9.17, 15) is 0 Å². The van der Waals surface area contributed by atoms with Gasteiger partial charge >= 0.3 is 0 Å². The van der Waals surface area contributed by atoms with E-state index in [1.165, 1.54) is 38.5 Å². The lowest BCUT2D eigenvalue weighted by atomic mass is 9.77. The molecule has 0 aromatic carbocycles. The predicted octanol–water partition coefficient (Wildman–Crippen LogP) is 3.41. The number of hydrogen-bond donors (Lipinski definition) is 1. The fraction of sp³-hybridized carbons (Fsp3) is 0.882. The second kappa shape index (κ2) is 5.08. The van der Waals surface area contributed by atoms with Gasteiger partial charge in [0.2, 0.25) is 5.89 Å². The number of hydrogen-bond acceptors (Lipinski definition) is 4. The van der Waals surface area contributed by atoms with Gasteiger partial charge in [-0.1, -0.05) is 18.5 Å². The Labute approximate surface area is 126 Å². The standard InChI is InChI=1S/C17H27N3O/c1-11-4-6-17(18,7-5-11)16-19-15(21-20-16)10-14-9-12-2-3-13(14)8-12/h11-14H,2-10,18H2,1H3. The van der Waals surface area contributed by atoms with Crippen molar-refractivity contribution in [1.29, 1.82) is 0 Å². The Kier molecular flexibility index (Phi) is 3.32. The molecule has 4 nitrogen and oxygen atoms in total. The molecule has 4 rings (SSSR count). The molecule has 3 aliphatic carbocycles. The lowest BCUT2D eigenvalue weighted by Crippen LogP contribution is -2.41. The summed E-state index contributed by atoms with van der Waals surface area (Å²) in [6.07, 6.45) is 11.0. The molecule has 1 heterocycles. The molecule has 0 aliphatic heterocycles. The Morgan fingerprint density at radius 2 is 2.00 bits per heavy atom. The average molecular weight is 289 g/mol. The van der Waals surface area contributed by atoms with E-state index in [1.54, 1.807) is 0 Å². The lowest BCUT2D eigenvalue weighted by molar-refractivity contribution is 0.229. The summed E-state index contributed by atoms with van der Waals surface area (Å²) in [5.41, 5.74) is 6.20. The van der Waals surface area contributed by atoms with Gasteiger partial charge in [0.25, 0.3) is 0 Å². The highest BCUT2D eigenvalue weighted by molar-refractivity contribution is 5.06. The zero-order valence-electron chi connectivity index (χ0n) is 13.1. The molecular formula is C17H27N3O. The van der Waals surface area contributed by atoms with Crippen LogP contribution >= 0.6 is 0 Å². The van der Waals surface area contributed by atoms with Gasteiger partial charge in [0.15, 0.2) is 5.82 Å². The summed E-state index contributed by atoms with van der Waals surface area (Å²) in [4.78, 5) is 4.68. The SMILES string of the molecule is CC1CCC(N)(c2noc(CC3CC4CCC3C4)n2)CC1. The monoisotopic (exact) mass is 289 g/mol. The normalized spacial score (nSPS) is 42.6. The average Bonchev–Trinajstić information content (AvgIpc) is 3.19. The number of nitrogens with zero attached hydrogens (tertiary/aromatic N) is 2. The molecule has 1 aromatic rings. The van der Waals surface area contributed by atoms with Gasteiger partial charge in [0.1, 0.15) is 0 Å². The van der Waals surface area contributed by atoms with Crippen molar-refractivity contribution >= 4 is 0 Å². The van der Waals surface area contributed by atoms with Gasteiger partial charge in [-0.15, -0.1) is 0 Å². The third-order valence-corrected chi connectivity index (χ3v) is 6.40. The number of aromatic nitrogens is 2. The van der Waals surface area contributed by atoms with Gasteiger partial charge in [-0.2, -0.15) is 4.98 Å². The third kappa shape index (κ3) is 2.52. The van der Waals surface area contributed by atoms with Crippen molar-refractivity contribution < 1.29 is 4.52 Å². The van der Waals surface area contributed by atoms with Gasteiger partial charge in [-0.25, -0.2) is 0 Å². The minimum absolute atomic E-state index is 0.344. The summed E-state index contributed by atoms with van der Waals surface area (Å²) in [6.45, 7) is 2.30. The molecule has 0 spiro atoms. The summed E-state index contributed by atoms with van der Waals surface area (Å²) in [6, 6.07) is 0. The molecule has 3 aliphatic rings. The molecular weight excluding hydrogens is 262 g/mol. The van der Waals surface area contributed by atoms with E-state index in [4.69, 9.17) is 10.3 Å². The smallest absolute Gasteiger partial charge is 0.227 e. The quantitative estimate of drug-likeness (QED) is 0.926. The highest BCUT2D eigenvalue weighted by atomic mass is 16.5. The van der Waals surface area contributed by atoms with Crippen molar-refractivity contribution in [1.82, 2.24) is 10.1 Å². The third-order valence-electron chi connectivity index (χ3n) is 6.40. The van der Waals surface area contributed by atoms with Crippen molar-refractivity contribution in [2.24, 2.45) is 29.4 Å². The first-order chi connectivity index (χ1) is 10.1. The first-order valence-corrected chi connectivity index (χ1v) is 8.74. The minimum atomic E-state index is -0.344. The van der Waals surface area contributed by atoms with E-state index in [0.29, 0.717) is 0 Å². The molecule has 3 saturated carbocycles. The van der Waals surface area contributed by atoms with Crippen LogP contribution in [0.2, 0.25) is 0 Å². The fourth-order valence-corrected chi connectivity index (χ4v) is 4.89. The maximum Gasteiger partial charge on any atom is 0.227 e. The summed E-state index contributed by atoms with van der Waals surface area (Å²) >= 11 is 0. The van der Waals surface area contributed by atoms with E-state index in [1.807, 2.05) is 0 Å². The van der Waals surface area contributed by atoms with Crippen LogP contribution in [0, 0.1) is 23.7 Å². The molecule has 0 amide bonds. The topological polar surface area (TPSA) is 64.9 Å². The number of rotatable bonds is 3. The largest absolute Gasteiger partial charge is 0.339 e. The van der Waals surface area contributed by atoms with Crippen molar-refractivity contribution in [2.75, 3.05) is 0 Å². The molecule has 2 bridgehead atoms. The Morgan fingerprint density at radius 1 is 1.19 bits per heavy atom. The van der Waals surface area contributed by atoms with Gasteiger partial charge in [0, 0.05) is 6.42 Å². The van der Waals surface area contributed by atoms with Crippen LogP contribution in [0.1, 0.15) is 70.0 Å². The molecule has 4 heteroatoms. The van der Waals surface area contributed by atoms with Crippen molar-refractivity contribution in [3.8, 4) is 0 Å². The second-order valence-corrected chi connectivity index (χ2v) is 7.99. The van der Waals surface area contributed by atoms with Gasteiger partial charge in [-0.05, 0) is 68.6 Å². The van der Waals surface area contributed by atoms with Gasteiger partial charge in [0.05, 0.1) is 5.54 Å². The Balaban J connectivity index is 1.43. The van der Waals surface area contributed by atoms with Crippen LogP contribution in [0.15, 0.2) is 4.52 Å². The molecule has 1 aromatic heterocycles.